The summed E-state index contributed by atoms with van der Waals surface area (Å²) in [5, 5.41) is 8.61. The molecule has 1 saturated heterocycles. The molecule has 154 valence electrons. The Balaban J connectivity index is 1.32. The third kappa shape index (κ3) is 4.19. The first-order valence-corrected chi connectivity index (χ1v) is 10.9. The predicted octanol–water partition coefficient (Wildman–Crippen LogP) is 2.79. The van der Waals surface area contributed by atoms with E-state index in [1.807, 2.05) is 33.9 Å². The second-order valence-electron chi connectivity index (χ2n) is 7.72. The number of fused-ring (bicyclic) bond motifs is 1. The summed E-state index contributed by atoms with van der Waals surface area (Å²) in [6.07, 6.45) is 0. The lowest BCUT2D eigenvalue weighted by Crippen LogP contribution is -2.52. The SMILES string of the molecule is Cc1nn(C)c(C)c1NC(=O)C(C)N1CCN(Cc2nc3ccccc3s2)CC1. The fraction of sp³-hybridized carbons (Fsp3) is 0.476. The number of hydrogen-bond donors (Lipinski definition) is 1. The number of thiazole rings is 1. The number of amides is 1. The normalized spacial score (nSPS) is 17.0. The van der Waals surface area contributed by atoms with Crippen molar-refractivity contribution in [1.29, 1.82) is 0 Å². The van der Waals surface area contributed by atoms with Gasteiger partial charge in [0.1, 0.15) is 5.01 Å². The van der Waals surface area contributed by atoms with Crippen LogP contribution in [-0.2, 0) is 18.4 Å². The van der Waals surface area contributed by atoms with Crippen LogP contribution in [0.4, 0.5) is 5.69 Å². The zero-order valence-corrected chi connectivity index (χ0v) is 18.3. The second kappa shape index (κ2) is 8.22. The molecule has 0 aliphatic carbocycles. The van der Waals surface area contributed by atoms with Crippen LogP contribution in [0, 0.1) is 13.8 Å². The molecule has 8 heteroatoms. The summed E-state index contributed by atoms with van der Waals surface area (Å²) < 4.78 is 3.04. The molecule has 0 radical (unpaired) electrons. The van der Waals surface area contributed by atoms with Crippen LogP contribution >= 0.6 is 11.3 Å². The molecule has 3 aromatic rings. The monoisotopic (exact) mass is 412 g/mol. The number of carbonyl (C=O) groups excluding carboxylic acids is 1. The largest absolute Gasteiger partial charge is 0.322 e. The molecular weight excluding hydrogens is 384 g/mol. The minimum absolute atomic E-state index is 0.0313. The third-order valence-electron chi connectivity index (χ3n) is 5.79. The van der Waals surface area contributed by atoms with Gasteiger partial charge in [0, 0.05) is 33.2 Å². The molecule has 0 bridgehead atoms. The van der Waals surface area contributed by atoms with E-state index in [0.29, 0.717) is 0 Å². The Hall–Kier alpha value is -2.29. The lowest BCUT2D eigenvalue weighted by atomic mass is 10.2. The number of aromatic nitrogens is 3. The number of nitrogens with one attached hydrogen (secondary N) is 1. The van der Waals surface area contributed by atoms with Gasteiger partial charge in [0.2, 0.25) is 5.91 Å². The van der Waals surface area contributed by atoms with Crippen molar-refractivity contribution < 1.29 is 4.79 Å². The zero-order chi connectivity index (χ0) is 20.5. The van der Waals surface area contributed by atoms with Gasteiger partial charge in [-0.15, -0.1) is 11.3 Å². The topological polar surface area (TPSA) is 66.3 Å². The first kappa shape index (κ1) is 20.0. The van der Waals surface area contributed by atoms with Gasteiger partial charge in [0.15, 0.2) is 0 Å². The molecule has 0 spiro atoms. The Morgan fingerprint density at radius 2 is 1.93 bits per heavy atom. The van der Waals surface area contributed by atoms with Crippen LogP contribution in [0.3, 0.4) is 0 Å². The molecule has 29 heavy (non-hydrogen) atoms. The van der Waals surface area contributed by atoms with E-state index < -0.39 is 0 Å². The van der Waals surface area contributed by atoms with Gasteiger partial charge < -0.3 is 5.32 Å². The summed E-state index contributed by atoms with van der Waals surface area (Å²) in [7, 11) is 1.89. The van der Waals surface area contributed by atoms with Crippen molar-refractivity contribution in [2.45, 2.75) is 33.4 Å². The number of piperazine rings is 1. The van der Waals surface area contributed by atoms with Gasteiger partial charge in [-0.3, -0.25) is 19.3 Å². The molecule has 1 fully saturated rings. The van der Waals surface area contributed by atoms with Gasteiger partial charge in [-0.2, -0.15) is 5.10 Å². The van der Waals surface area contributed by atoms with Crippen molar-refractivity contribution in [3.05, 3.63) is 40.7 Å². The van der Waals surface area contributed by atoms with Crippen molar-refractivity contribution in [3.63, 3.8) is 0 Å². The van der Waals surface area contributed by atoms with E-state index in [2.05, 4.69) is 38.4 Å². The average molecular weight is 413 g/mol. The van der Waals surface area contributed by atoms with Gasteiger partial charge in [-0.05, 0) is 32.9 Å². The van der Waals surface area contributed by atoms with Crippen molar-refractivity contribution in [2.75, 3.05) is 31.5 Å². The predicted molar refractivity (Wildman–Crippen MR) is 117 cm³/mol. The van der Waals surface area contributed by atoms with Gasteiger partial charge in [0.05, 0.1) is 39.9 Å². The molecule has 1 aliphatic heterocycles. The molecular formula is C21H28N6OS. The lowest BCUT2D eigenvalue weighted by Gasteiger charge is -2.37. The first-order chi connectivity index (χ1) is 13.9. The highest BCUT2D eigenvalue weighted by Gasteiger charge is 2.27. The highest BCUT2D eigenvalue weighted by Crippen LogP contribution is 2.23. The lowest BCUT2D eigenvalue weighted by molar-refractivity contribution is -0.121. The highest BCUT2D eigenvalue weighted by atomic mass is 32.1. The van der Waals surface area contributed by atoms with E-state index in [9.17, 15) is 4.79 Å². The standard InChI is InChI=1S/C21H28N6OS/c1-14-20(15(2)25(4)24-14)23-21(28)16(3)27-11-9-26(10-12-27)13-19-22-17-7-5-6-8-18(17)29-19/h5-8,16H,9-13H2,1-4H3,(H,23,28). The summed E-state index contributed by atoms with van der Waals surface area (Å²) in [6.45, 7) is 10.4. The number of hydrogen-bond acceptors (Lipinski definition) is 6. The van der Waals surface area contributed by atoms with Crippen molar-refractivity contribution in [3.8, 4) is 0 Å². The maximum Gasteiger partial charge on any atom is 0.241 e. The quantitative estimate of drug-likeness (QED) is 0.698. The molecule has 1 unspecified atom stereocenters. The molecule has 1 aromatic carbocycles. The number of para-hydroxylation sites is 1. The van der Waals surface area contributed by atoms with E-state index in [-0.39, 0.29) is 11.9 Å². The van der Waals surface area contributed by atoms with Crippen molar-refractivity contribution >= 4 is 33.1 Å². The Kier molecular flexibility index (Phi) is 5.67. The van der Waals surface area contributed by atoms with Crippen LogP contribution in [0.25, 0.3) is 10.2 Å². The van der Waals surface area contributed by atoms with Gasteiger partial charge in [-0.25, -0.2) is 4.98 Å². The van der Waals surface area contributed by atoms with E-state index in [1.165, 1.54) is 4.70 Å². The van der Waals surface area contributed by atoms with Crippen molar-refractivity contribution in [2.24, 2.45) is 7.05 Å². The Labute approximate surface area is 175 Å². The fourth-order valence-electron chi connectivity index (χ4n) is 3.84. The van der Waals surface area contributed by atoms with E-state index in [4.69, 9.17) is 4.98 Å². The molecule has 0 saturated carbocycles. The van der Waals surface area contributed by atoms with Crippen molar-refractivity contribution in [1.82, 2.24) is 24.6 Å². The van der Waals surface area contributed by atoms with E-state index >= 15 is 0 Å². The Bertz CT molecular complexity index is 985. The second-order valence-corrected chi connectivity index (χ2v) is 8.84. The summed E-state index contributed by atoms with van der Waals surface area (Å²) in [5.74, 6) is 0.0313. The maximum atomic E-state index is 12.8. The summed E-state index contributed by atoms with van der Waals surface area (Å²) in [6, 6.07) is 8.12. The minimum Gasteiger partial charge on any atom is -0.322 e. The molecule has 1 aliphatic rings. The fourth-order valence-corrected chi connectivity index (χ4v) is 4.85. The Morgan fingerprint density at radius 3 is 2.59 bits per heavy atom. The van der Waals surface area contributed by atoms with Crippen LogP contribution < -0.4 is 5.32 Å². The third-order valence-corrected chi connectivity index (χ3v) is 6.81. The summed E-state index contributed by atoms with van der Waals surface area (Å²) in [5.41, 5.74) is 3.74. The summed E-state index contributed by atoms with van der Waals surface area (Å²) >= 11 is 1.77. The Morgan fingerprint density at radius 1 is 1.21 bits per heavy atom. The van der Waals surface area contributed by atoms with Crippen LogP contribution in [0.1, 0.15) is 23.3 Å². The highest BCUT2D eigenvalue weighted by molar-refractivity contribution is 7.18. The van der Waals surface area contributed by atoms with E-state index in [0.717, 1.165) is 60.3 Å². The van der Waals surface area contributed by atoms with Crippen LogP contribution in [0.2, 0.25) is 0 Å². The van der Waals surface area contributed by atoms with Gasteiger partial charge in [0.25, 0.3) is 0 Å². The molecule has 2 aromatic heterocycles. The number of rotatable bonds is 5. The summed E-state index contributed by atoms with van der Waals surface area (Å²) in [4.78, 5) is 22.2. The molecule has 1 N–H and O–H groups in total. The number of anilines is 1. The number of nitrogens with zero attached hydrogens (tertiary/aromatic N) is 5. The molecule has 1 atom stereocenters. The maximum absolute atomic E-state index is 12.8. The van der Waals surface area contributed by atoms with Crippen LogP contribution in [0.5, 0.6) is 0 Å². The van der Waals surface area contributed by atoms with Gasteiger partial charge in [-0.1, -0.05) is 12.1 Å². The first-order valence-electron chi connectivity index (χ1n) is 10.0. The smallest absolute Gasteiger partial charge is 0.241 e. The van der Waals surface area contributed by atoms with Gasteiger partial charge >= 0.3 is 0 Å². The molecule has 7 nitrogen and oxygen atoms in total. The number of benzene rings is 1. The zero-order valence-electron chi connectivity index (χ0n) is 17.5. The van der Waals surface area contributed by atoms with E-state index in [1.54, 1.807) is 16.0 Å². The number of aryl methyl sites for hydroxylation is 2. The minimum atomic E-state index is -0.168. The molecule has 4 rings (SSSR count). The van der Waals surface area contributed by atoms with Crippen LogP contribution in [0.15, 0.2) is 24.3 Å². The average Bonchev–Trinajstić information content (AvgIpc) is 3.23. The molecule has 1 amide bonds. The van der Waals surface area contributed by atoms with Crippen LogP contribution in [-0.4, -0.2) is 62.7 Å². The number of carbonyl (C=O) groups is 1. The molecule has 3 heterocycles.